The maximum atomic E-state index is 12.3. The lowest BCUT2D eigenvalue weighted by molar-refractivity contribution is -0.136. The zero-order valence-electron chi connectivity index (χ0n) is 11.7. The number of aryl methyl sites for hydroxylation is 1. The second-order valence-electron chi connectivity index (χ2n) is 4.19. The van der Waals surface area contributed by atoms with Crippen LogP contribution in [0.25, 0.3) is 11.6 Å². The normalized spacial score (nSPS) is 11.4. The molecule has 0 spiro atoms. The van der Waals surface area contributed by atoms with E-state index in [9.17, 15) is 9.18 Å². The Morgan fingerprint density at radius 1 is 1.43 bits per heavy atom. The van der Waals surface area contributed by atoms with Gasteiger partial charge in [-0.2, -0.15) is 5.10 Å². The molecule has 0 aliphatic rings. The van der Waals surface area contributed by atoms with Crippen LogP contribution in [0.1, 0.15) is 18.3 Å². The van der Waals surface area contributed by atoms with Crippen molar-refractivity contribution in [2.45, 2.75) is 13.5 Å². The topological polar surface area (TPSA) is 57.0 Å². The van der Waals surface area contributed by atoms with Gasteiger partial charge in [0.1, 0.15) is 6.67 Å². The number of aromatic nitrogens is 3. The van der Waals surface area contributed by atoms with Gasteiger partial charge in [0.15, 0.2) is 0 Å². The summed E-state index contributed by atoms with van der Waals surface area (Å²) >= 11 is 0. The Morgan fingerprint density at radius 2 is 2.29 bits per heavy atom. The fraction of sp³-hybridized carbons (Fsp3) is 0.267. The fourth-order valence-electron chi connectivity index (χ4n) is 1.78. The number of carbonyl (C=O) groups is 1. The van der Waals surface area contributed by atoms with E-state index in [-0.39, 0.29) is 13.2 Å². The van der Waals surface area contributed by atoms with Gasteiger partial charge in [-0.1, -0.05) is 6.07 Å². The maximum Gasteiger partial charge on any atom is 0.340 e. The first-order valence-electron chi connectivity index (χ1n) is 6.64. The van der Waals surface area contributed by atoms with Gasteiger partial charge in [0.05, 0.1) is 30.1 Å². The summed E-state index contributed by atoms with van der Waals surface area (Å²) in [6.45, 7) is 1.71. The van der Waals surface area contributed by atoms with Crippen LogP contribution in [-0.2, 0) is 16.1 Å². The molecule has 0 bridgehead atoms. The molecule has 0 N–H and O–H groups in total. The predicted octanol–water partition coefficient (Wildman–Crippen LogP) is 2.35. The molecule has 0 aliphatic carbocycles. The monoisotopic (exact) mass is 289 g/mol. The van der Waals surface area contributed by atoms with E-state index in [4.69, 9.17) is 4.74 Å². The van der Waals surface area contributed by atoms with E-state index in [1.807, 2.05) is 0 Å². The highest BCUT2D eigenvalue weighted by Crippen LogP contribution is 2.17. The standard InChI is InChI=1S/C15H16FN3O2/c1-2-21-15(20)13(14-5-3-4-8-17-14)11-12-6-9-19(18-12)10-7-16/h3-6,8-9,11H,2,7,10H2,1H3/b13-11+. The first-order chi connectivity index (χ1) is 10.2. The third-order valence-corrected chi connectivity index (χ3v) is 2.70. The third-order valence-electron chi connectivity index (χ3n) is 2.70. The number of hydrogen-bond donors (Lipinski definition) is 0. The minimum Gasteiger partial charge on any atom is -0.462 e. The molecule has 0 aliphatic heterocycles. The molecule has 2 aromatic rings. The number of ether oxygens (including phenoxy) is 1. The van der Waals surface area contributed by atoms with Crippen molar-refractivity contribution in [1.82, 2.24) is 14.8 Å². The summed E-state index contributed by atoms with van der Waals surface area (Å²) < 4.78 is 18.8. The molecule has 0 radical (unpaired) electrons. The van der Waals surface area contributed by atoms with Gasteiger partial charge in [-0.25, -0.2) is 9.18 Å². The Bertz CT molecular complexity index is 623. The Balaban J connectivity index is 2.34. The molecule has 0 amide bonds. The number of rotatable bonds is 6. The zero-order chi connectivity index (χ0) is 15.1. The second-order valence-corrected chi connectivity index (χ2v) is 4.19. The number of esters is 1. The largest absolute Gasteiger partial charge is 0.462 e. The van der Waals surface area contributed by atoms with Crippen LogP contribution in [-0.4, -0.2) is 34.0 Å². The van der Waals surface area contributed by atoms with Crippen molar-refractivity contribution in [1.29, 1.82) is 0 Å². The molecule has 6 heteroatoms. The molecule has 0 unspecified atom stereocenters. The van der Waals surface area contributed by atoms with Crippen LogP contribution in [0.5, 0.6) is 0 Å². The fourth-order valence-corrected chi connectivity index (χ4v) is 1.78. The number of alkyl halides is 1. The van der Waals surface area contributed by atoms with Crippen LogP contribution < -0.4 is 0 Å². The van der Waals surface area contributed by atoms with E-state index in [1.54, 1.807) is 49.7 Å². The lowest BCUT2D eigenvalue weighted by Gasteiger charge is -2.05. The van der Waals surface area contributed by atoms with E-state index < -0.39 is 12.6 Å². The summed E-state index contributed by atoms with van der Waals surface area (Å²) in [6.07, 6.45) is 4.85. The van der Waals surface area contributed by atoms with Gasteiger partial charge >= 0.3 is 5.97 Å². The van der Waals surface area contributed by atoms with E-state index in [0.29, 0.717) is 17.0 Å². The molecule has 0 aromatic carbocycles. The quantitative estimate of drug-likeness (QED) is 0.605. The minimum absolute atomic E-state index is 0.187. The molecule has 5 nitrogen and oxygen atoms in total. The minimum atomic E-state index is -0.490. The van der Waals surface area contributed by atoms with E-state index >= 15 is 0 Å². The highest BCUT2D eigenvalue weighted by molar-refractivity contribution is 6.20. The SMILES string of the molecule is CCOC(=O)/C(=C/c1ccn(CCF)n1)c1ccccn1. The summed E-state index contributed by atoms with van der Waals surface area (Å²) in [6, 6.07) is 6.98. The zero-order valence-corrected chi connectivity index (χ0v) is 11.7. The molecule has 2 heterocycles. The first-order valence-corrected chi connectivity index (χ1v) is 6.64. The van der Waals surface area contributed by atoms with Crippen LogP contribution >= 0.6 is 0 Å². The lowest BCUT2D eigenvalue weighted by atomic mass is 10.1. The van der Waals surface area contributed by atoms with Gasteiger partial charge in [0.25, 0.3) is 0 Å². The van der Waals surface area contributed by atoms with E-state index in [2.05, 4.69) is 10.1 Å². The van der Waals surface area contributed by atoms with Crippen molar-refractivity contribution >= 4 is 17.6 Å². The summed E-state index contributed by atoms with van der Waals surface area (Å²) in [5.41, 5.74) is 1.39. The molecule has 0 saturated carbocycles. The summed E-state index contributed by atoms with van der Waals surface area (Å²) in [5, 5.41) is 4.17. The Labute approximate surface area is 122 Å². The molecule has 0 saturated heterocycles. The smallest absolute Gasteiger partial charge is 0.340 e. The van der Waals surface area contributed by atoms with Crippen molar-refractivity contribution in [2.24, 2.45) is 0 Å². The molecule has 2 rings (SSSR count). The Morgan fingerprint density at radius 3 is 2.95 bits per heavy atom. The Hall–Kier alpha value is -2.50. The van der Waals surface area contributed by atoms with Gasteiger partial charge in [0.2, 0.25) is 0 Å². The molecule has 2 aromatic heterocycles. The van der Waals surface area contributed by atoms with Crippen LogP contribution in [0.4, 0.5) is 4.39 Å². The number of nitrogens with zero attached hydrogens (tertiary/aromatic N) is 3. The van der Waals surface area contributed by atoms with Crippen molar-refractivity contribution in [2.75, 3.05) is 13.3 Å². The number of halogens is 1. The van der Waals surface area contributed by atoms with Gasteiger partial charge in [-0.05, 0) is 31.2 Å². The summed E-state index contributed by atoms with van der Waals surface area (Å²) in [4.78, 5) is 16.2. The number of carbonyl (C=O) groups excluding carboxylic acids is 1. The third kappa shape index (κ3) is 3.98. The van der Waals surface area contributed by atoms with Crippen LogP contribution in [0.2, 0.25) is 0 Å². The molecule has 110 valence electrons. The molecular formula is C15H16FN3O2. The molecular weight excluding hydrogens is 273 g/mol. The van der Waals surface area contributed by atoms with Crippen molar-refractivity contribution in [3.63, 3.8) is 0 Å². The van der Waals surface area contributed by atoms with Crippen molar-refractivity contribution < 1.29 is 13.9 Å². The van der Waals surface area contributed by atoms with Crippen LogP contribution in [0.3, 0.4) is 0 Å². The molecule has 21 heavy (non-hydrogen) atoms. The van der Waals surface area contributed by atoms with Gasteiger partial charge in [-0.15, -0.1) is 0 Å². The molecule has 0 atom stereocenters. The average molecular weight is 289 g/mol. The van der Waals surface area contributed by atoms with Crippen molar-refractivity contribution in [3.05, 3.63) is 48.0 Å². The first kappa shape index (κ1) is 14.9. The number of hydrogen-bond acceptors (Lipinski definition) is 4. The second kappa shape index (κ2) is 7.33. The summed E-state index contributed by atoms with van der Waals surface area (Å²) in [7, 11) is 0. The maximum absolute atomic E-state index is 12.3. The highest BCUT2D eigenvalue weighted by Gasteiger charge is 2.15. The van der Waals surface area contributed by atoms with Crippen molar-refractivity contribution in [3.8, 4) is 0 Å². The average Bonchev–Trinajstić information content (AvgIpc) is 2.94. The van der Waals surface area contributed by atoms with Gasteiger partial charge in [-0.3, -0.25) is 9.67 Å². The van der Waals surface area contributed by atoms with Gasteiger partial charge < -0.3 is 4.74 Å². The molecule has 0 fully saturated rings. The summed E-state index contributed by atoms with van der Waals surface area (Å²) in [5.74, 6) is -0.462. The van der Waals surface area contributed by atoms with Gasteiger partial charge in [0, 0.05) is 12.4 Å². The van der Waals surface area contributed by atoms with Crippen LogP contribution in [0, 0.1) is 0 Å². The highest BCUT2D eigenvalue weighted by atomic mass is 19.1. The van der Waals surface area contributed by atoms with E-state index in [0.717, 1.165) is 0 Å². The lowest BCUT2D eigenvalue weighted by Crippen LogP contribution is -2.08. The van der Waals surface area contributed by atoms with E-state index in [1.165, 1.54) is 4.68 Å². The predicted molar refractivity (Wildman–Crippen MR) is 76.9 cm³/mol. The van der Waals surface area contributed by atoms with Crippen LogP contribution in [0.15, 0.2) is 36.7 Å². The Kier molecular flexibility index (Phi) is 5.20. The number of pyridine rings is 1.